The summed E-state index contributed by atoms with van der Waals surface area (Å²) in [5.41, 5.74) is -1.11. The second kappa shape index (κ2) is 5.11. The van der Waals surface area contributed by atoms with Gasteiger partial charge >= 0.3 is 11.3 Å². The molecule has 0 saturated heterocycles. The molecule has 2 aromatic heterocycles. The zero-order valence-corrected chi connectivity index (χ0v) is 11.0. The Kier molecular flexibility index (Phi) is 3.30. The summed E-state index contributed by atoms with van der Waals surface area (Å²) in [6.07, 6.45) is 6.57. The van der Waals surface area contributed by atoms with Crippen molar-refractivity contribution < 1.29 is 4.42 Å². The van der Waals surface area contributed by atoms with E-state index in [0.717, 1.165) is 18.8 Å². The van der Waals surface area contributed by atoms with Crippen molar-refractivity contribution in [2.75, 3.05) is 0 Å². The molecule has 2 N–H and O–H groups in total. The van der Waals surface area contributed by atoms with Crippen molar-refractivity contribution in [3.05, 3.63) is 42.9 Å². The van der Waals surface area contributed by atoms with E-state index in [2.05, 4.69) is 9.97 Å². The largest absolute Gasteiger partial charge is 0.405 e. The molecule has 3 rings (SSSR count). The minimum absolute atomic E-state index is 0.0371. The van der Waals surface area contributed by atoms with Gasteiger partial charge in [-0.25, -0.2) is 9.59 Å². The standard InChI is InChI=1S/C14H16N2O4/c17-10-7-9(6-2-5-8-3-1-4-8)11-12(18)15-14(19)16-13(11)20-10/h7-8H,1-6H2,(H2,15,16,18,19). The molecule has 106 valence electrons. The summed E-state index contributed by atoms with van der Waals surface area (Å²) in [6.45, 7) is 0. The van der Waals surface area contributed by atoms with Crippen molar-refractivity contribution in [3.63, 3.8) is 0 Å². The van der Waals surface area contributed by atoms with Crippen molar-refractivity contribution in [2.24, 2.45) is 5.92 Å². The average molecular weight is 276 g/mol. The predicted molar refractivity (Wildman–Crippen MR) is 74.0 cm³/mol. The monoisotopic (exact) mass is 276 g/mol. The number of hydrogen-bond donors (Lipinski definition) is 2. The van der Waals surface area contributed by atoms with Gasteiger partial charge in [-0.15, -0.1) is 0 Å². The Morgan fingerprint density at radius 3 is 2.70 bits per heavy atom. The smallest absolute Gasteiger partial charge is 0.337 e. The summed E-state index contributed by atoms with van der Waals surface area (Å²) in [5.74, 6) is 0.791. The Bertz CT molecular complexity index is 790. The molecule has 6 nitrogen and oxygen atoms in total. The number of H-pyrrole nitrogens is 2. The Labute approximate surface area is 113 Å². The first-order valence-corrected chi connectivity index (χ1v) is 6.93. The predicted octanol–water partition coefficient (Wildman–Crippen LogP) is 1.29. The first-order chi connectivity index (χ1) is 9.63. The fraction of sp³-hybridized carbons (Fsp3) is 0.500. The van der Waals surface area contributed by atoms with Crippen LogP contribution in [0.25, 0.3) is 11.1 Å². The second-order valence-corrected chi connectivity index (χ2v) is 5.39. The SMILES string of the molecule is O=c1[nH]c(=O)c2c(CCCC3CCC3)cc(=O)oc2[nH]1. The molecule has 0 aliphatic heterocycles. The fourth-order valence-electron chi connectivity index (χ4n) is 2.74. The number of aromatic nitrogens is 2. The van der Waals surface area contributed by atoms with E-state index >= 15 is 0 Å². The first kappa shape index (κ1) is 12.9. The van der Waals surface area contributed by atoms with E-state index < -0.39 is 16.9 Å². The van der Waals surface area contributed by atoms with E-state index in [1.807, 2.05) is 0 Å². The van der Waals surface area contributed by atoms with Gasteiger partial charge in [-0.2, -0.15) is 0 Å². The van der Waals surface area contributed by atoms with E-state index in [4.69, 9.17) is 4.42 Å². The van der Waals surface area contributed by atoms with Crippen molar-refractivity contribution in [3.8, 4) is 0 Å². The molecule has 0 unspecified atom stereocenters. The maximum Gasteiger partial charge on any atom is 0.337 e. The van der Waals surface area contributed by atoms with Crippen LogP contribution in [0.1, 0.15) is 37.7 Å². The highest BCUT2D eigenvalue weighted by Gasteiger charge is 2.17. The molecule has 1 saturated carbocycles. The summed E-state index contributed by atoms with van der Waals surface area (Å²) in [7, 11) is 0. The number of aromatic amines is 2. The molecule has 0 bridgehead atoms. The Hall–Kier alpha value is -2.11. The molecular formula is C14H16N2O4. The maximum atomic E-state index is 11.9. The average Bonchev–Trinajstić information content (AvgIpc) is 2.30. The van der Waals surface area contributed by atoms with Gasteiger partial charge in [0.15, 0.2) is 0 Å². The molecule has 1 aliphatic carbocycles. The second-order valence-electron chi connectivity index (χ2n) is 5.39. The van der Waals surface area contributed by atoms with Gasteiger partial charge < -0.3 is 4.42 Å². The lowest BCUT2D eigenvalue weighted by Crippen LogP contribution is -2.24. The molecule has 0 radical (unpaired) electrons. The molecule has 20 heavy (non-hydrogen) atoms. The van der Waals surface area contributed by atoms with Crippen LogP contribution in [0, 0.1) is 5.92 Å². The van der Waals surface area contributed by atoms with Crippen LogP contribution in [0.15, 0.2) is 24.9 Å². The lowest BCUT2D eigenvalue weighted by Gasteiger charge is -2.25. The molecule has 1 aliphatic rings. The van der Waals surface area contributed by atoms with Crippen molar-refractivity contribution in [1.29, 1.82) is 0 Å². The van der Waals surface area contributed by atoms with E-state index in [1.165, 1.54) is 25.3 Å². The van der Waals surface area contributed by atoms with Gasteiger partial charge in [0.25, 0.3) is 5.56 Å². The lowest BCUT2D eigenvalue weighted by molar-refractivity contribution is 0.290. The molecular weight excluding hydrogens is 260 g/mol. The summed E-state index contributed by atoms with van der Waals surface area (Å²) >= 11 is 0. The Balaban J connectivity index is 1.94. The molecule has 1 fully saturated rings. The lowest BCUT2D eigenvalue weighted by atomic mass is 9.81. The molecule has 2 aromatic rings. The first-order valence-electron chi connectivity index (χ1n) is 6.93. The minimum Gasteiger partial charge on any atom is -0.405 e. The zero-order valence-electron chi connectivity index (χ0n) is 11.0. The highest BCUT2D eigenvalue weighted by atomic mass is 16.4. The molecule has 0 spiro atoms. The van der Waals surface area contributed by atoms with Gasteiger partial charge in [0.05, 0.1) is 0 Å². The van der Waals surface area contributed by atoms with Gasteiger partial charge in [-0.05, 0) is 24.3 Å². The van der Waals surface area contributed by atoms with Crippen LogP contribution in [-0.2, 0) is 6.42 Å². The van der Waals surface area contributed by atoms with E-state index in [0.29, 0.717) is 12.0 Å². The minimum atomic E-state index is -0.669. The number of hydrogen-bond acceptors (Lipinski definition) is 4. The summed E-state index contributed by atoms with van der Waals surface area (Å²) in [5, 5.41) is 0.276. The van der Waals surface area contributed by atoms with E-state index in [9.17, 15) is 14.4 Å². The van der Waals surface area contributed by atoms with Crippen molar-refractivity contribution >= 4 is 11.1 Å². The molecule has 0 amide bonds. The van der Waals surface area contributed by atoms with Crippen molar-refractivity contribution in [2.45, 2.75) is 38.5 Å². The van der Waals surface area contributed by atoms with Crippen LogP contribution in [0.2, 0.25) is 0 Å². The third-order valence-corrected chi connectivity index (χ3v) is 4.01. The van der Waals surface area contributed by atoms with Crippen molar-refractivity contribution in [1.82, 2.24) is 9.97 Å². The van der Waals surface area contributed by atoms with Crippen LogP contribution in [0.3, 0.4) is 0 Å². The fourth-order valence-corrected chi connectivity index (χ4v) is 2.74. The van der Waals surface area contributed by atoms with Crippen LogP contribution in [-0.4, -0.2) is 9.97 Å². The summed E-state index contributed by atoms with van der Waals surface area (Å²) < 4.78 is 4.89. The van der Waals surface area contributed by atoms with E-state index in [-0.39, 0.29) is 11.1 Å². The van der Waals surface area contributed by atoms with Crippen LogP contribution >= 0.6 is 0 Å². The summed E-state index contributed by atoms with van der Waals surface area (Å²) in [4.78, 5) is 39.1. The van der Waals surface area contributed by atoms with Gasteiger partial charge in [0.2, 0.25) is 5.71 Å². The molecule has 0 atom stereocenters. The van der Waals surface area contributed by atoms with Crippen LogP contribution in [0.4, 0.5) is 0 Å². The number of nitrogens with one attached hydrogen (secondary N) is 2. The molecule has 2 heterocycles. The van der Waals surface area contributed by atoms with Crippen LogP contribution < -0.4 is 16.9 Å². The number of rotatable bonds is 4. The van der Waals surface area contributed by atoms with Crippen LogP contribution in [0.5, 0.6) is 0 Å². The quantitative estimate of drug-likeness (QED) is 0.879. The highest BCUT2D eigenvalue weighted by molar-refractivity contribution is 5.75. The zero-order chi connectivity index (χ0) is 14.1. The topological polar surface area (TPSA) is 95.9 Å². The number of fused-ring (bicyclic) bond motifs is 1. The van der Waals surface area contributed by atoms with Gasteiger partial charge in [-0.3, -0.25) is 14.8 Å². The highest BCUT2D eigenvalue weighted by Crippen LogP contribution is 2.31. The molecule has 6 heteroatoms. The number of aryl methyl sites for hydroxylation is 1. The van der Waals surface area contributed by atoms with E-state index in [1.54, 1.807) is 0 Å². The Morgan fingerprint density at radius 2 is 2.00 bits per heavy atom. The third kappa shape index (κ3) is 2.45. The normalized spacial score (nSPS) is 15.4. The van der Waals surface area contributed by atoms with Gasteiger partial charge in [0.1, 0.15) is 5.39 Å². The maximum absolute atomic E-state index is 11.9. The summed E-state index contributed by atoms with van der Waals surface area (Å²) in [6, 6.07) is 1.34. The van der Waals surface area contributed by atoms with Gasteiger partial charge in [0, 0.05) is 6.07 Å². The third-order valence-electron chi connectivity index (χ3n) is 4.01. The Morgan fingerprint density at radius 1 is 1.20 bits per heavy atom. The van der Waals surface area contributed by atoms with Gasteiger partial charge in [-0.1, -0.05) is 25.7 Å². The molecule has 0 aromatic carbocycles.